The van der Waals surface area contributed by atoms with Gasteiger partial charge in [-0.15, -0.1) is 5.10 Å². The van der Waals surface area contributed by atoms with E-state index in [0.29, 0.717) is 12.5 Å². The molecule has 1 aliphatic rings. The number of H-pyrrole nitrogens is 2. The van der Waals surface area contributed by atoms with Crippen LogP contribution in [0.25, 0.3) is 0 Å². The molecular weight excluding hydrogens is 222 g/mol. The molecule has 3 N–H and O–H groups in total. The van der Waals surface area contributed by atoms with Gasteiger partial charge in [-0.3, -0.25) is 9.78 Å². The molecule has 0 saturated carbocycles. The average molecular weight is 239 g/mol. The van der Waals surface area contributed by atoms with Crippen LogP contribution in [0, 0.1) is 5.92 Å². The largest absolute Gasteiger partial charge is 0.364 e. The van der Waals surface area contributed by atoms with Crippen molar-refractivity contribution < 1.29 is 0 Å². The van der Waals surface area contributed by atoms with Crippen molar-refractivity contribution >= 4 is 5.82 Å². The first kappa shape index (κ1) is 11.8. The Kier molecular flexibility index (Phi) is 3.58. The van der Waals surface area contributed by atoms with Crippen LogP contribution >= 0.6 is 0 Å². The predicted octanol–water partition coefficient (Wildman–Crippen LogP) is -0.788. The first-order chi connectivity index (χ1) is 8.15. The molecule has 0 amide bonds. The molecule has 0 bridgehead atoms. The van der Waals surface area contributed by atoms with Gasteiger partial charge < -0.3 is 10.2 Å². The number of nitrogens with zero attached hydrogens (tertiary/aromatic N) is 2. The Balaban J connectivity index is 1.93. The summed E-state index contributed by atoms with van der Waals surface area (Å²) in [5, 5.41) is 8.86. The van der Waals surface area contributed by atoms with Crippen molar-refractivity contribution in [3.05, 3.63) is 20.8 Å². The second-order valence-corrected chi connectivity index (χ2v) is 4.51. The highest BCUT2D eigenvalue weighted by Gasteiger charge is 2.17. The van der Waals surface area contributed by atoms with Gasteiger partial charge in [-0.2, -0.15) is 0 Å². The van der Waals surface area contributed by atoms with Gasteiger partial charge in [0.2, 0.25) is 5.82 Å². The van der Waals surface area contributed by atoms with E-state index in [1.54, 1.807) is 0 Å². The van der Waals surface area contributed by atoms with E-state index in [2.05, 4.69) is 32.4 Å². The number of rotatable bonds is 3. The normalized spacial score (nSPS) is 21.4. The van der Waals surface area contributed by atoms with Gasteiger partial charge in [0.05, 0.1) is 0 Å². The predicted molar refractivity (Wildman–Crippen MR) is 64.2 cm³/mol. The van der Waals surface area contributed by atoms with Gasteiger partial charge >= 0.3 is 5.69 Å². The molecule has 7 heteroatoms. The standard InChI is InChI=1S/C10H17N5O2/c1-15-4-2-3-7(6-15)5-11-8-9(16)12-10(17)14-13-8/h7H,2-6H2,1H3,(H,11,13)(H2,12,14,16,17). The molecule has 0 aromatic carbocycles. The zero-order chi connectivity index (χ0) is 12.3. The second kappa shape index (κ2) is 5.13. The summed E-state index contributed by atoms with van der Waals surface area (Å²) in [6, 6.07) is 0. The summed E-state index contributed by atoms with van der Waals surface area (Å²) in [6.45, 7) is 2.86. The molecule has 2 rings (SSSR count). The van der Waals surface area contributed by atoms with Crippen LogP contribution in [-0.2, 0) is 0 Å². The molecule has 94 valence electrons. The van der Waals surface area contributed by atoms with Gasteiger partial charge in [0.15, 0.2) is 0 Å². The minimum Gasteiger partial charge on any atom is -0.364 e. The first-order valence-electron chi connectivity index (χ1n) is 5.76. The summed E-state index contributed by atoms with van der Waals surface area (Å²) >= 11 is 0. The van der Waals surface area contributed by atoms with Crippen molar-refractivity contribution in [1.29, 1.82) is 0 Å². The van der Waals surface area contributed by atoms with Crippen molar-refractivity contribution in [1.82, 2.24) is 20.1 Å². The van der Waals surface area contributed by atoms with E-state index in [0.717, 1.165) is 19.5 Å². The van der Waals surface area contributed by atoms with E-state index in [9.17, 15) is 9.59 Å². The summed E-state index contributed by atoms with van der Waals surface area (Å²) in [5.41, 5.74) is -1.06. The summed E-state index contributed by atoms with van der Waals surface area (Å²) in [7, 11) is 2.09. The van der Waals surface area contributed by atoms with Crippen LogP contribution in [0.5, 0.6) is 0 Å². The van der Waals surface area contributed by atoms with E-state index in [4.69, 9.17) is 0 Å². The lowest BCUT2D eigenvalue weighted by molar-refractivity contribution is 0.217. The Bertz CT molecular complexity index is 480. The second-order valence-electron chi connectivity index (χ2n) is 4.51. The molecule has 0 aliphatic carbocycles. The van der Waals surface area contributed by atoms with Crippen LogP contribution in [-0.4, -0.2) is 46.8 Å². The maximum absolute atomic E-state index is 11.4. The van der Waals surface area contributed by atoms with Crippen molar-refractivity contribution in [3.8, 4) is 0 Å². The minimum absolute atomic E-state index is 0.179. The van der Waals surface area contributed by atoms with Gasteiger partial charge in [0.25, 0.3) is 5.56 Å². The molecule has 17 heavy (non-hydrogen) atoms. The van der Waals surface area contributed by atoms with Crippen molar-refractivity contribution in [2.45, 2.75) is 12.8 Å². The van der Waals surface area contributed by atoms with E-state index in [1.165, 1.54) is 6.42 Å². The fourth-order valence-corrected chi connectivity index (χ4v) is 2.15. The van der Waals surface area contributed by atoms with Gasteiger partial charge in [0, 0.05) is 13.1 Å². The third kappa shape index (κ3) is 3.16. The van der Waals surface area contributed by atoms with Gasteiger partial charge in [0.1, 0.15) is 0 Å². The molecule has 1 aliphatic heterocycles. The number of aromatic amines is 2. The van der Waals surface area contributed by atoms with E-state index in [1.807, 2.05) is 0 Å². The van der Waals surface area contributed by atoms with Gasteiger partial charge in [-0.1, -0.05) is 0 Å². The van der Waals surface area contributed by atoms with Crippen LogP contribution in [0.2, 0.25) is 0 Å². The van der Waals surface area contributed by atoms with Crippen molar-refractivity contribution in [2.75, 3.05) is 32.0 Å². The van der Waals surface area contributed by atoms with Crippen LogP contribution in [0.15, 0.2) is 9.59 Å². The molecule has 2 heterocycles. The summed E-state index contributed by atoms with van der Waals surface area (Å²) < 4.78 is 0. The van der Waals surface area contributed by atoms with Crippen LogP contribution in [0.4, 0.5) is 5.82 Å². The summed E-state index contributed by atoms with van der Waals surface area (Å²) in [5.74, 6) is 0.694. The summed E-state index contributed by atoms with van der Waals surface area (Å²) in [4.78, 5) is 26.6. The monoisotopic (exact) mass is 239 g/mol. The Morgan fingerprint density at radius 3 is 3.06 bits per heavy atom. The third-order valence-electron chi connectivity index (χ3n) is 2.99. The van der Waals surface area contributed by atoms with Crippen molar-refractivity contribution in [2.24, 2.45) is 5.92 Å². The highest BCUT2D eigenvalue weighted by Crippen LogP contribution is 2.14. The first-order valence-corrected chi connectivity index (χ1v) is 5.76. The lowest BCUT2D eigenvalue weighted by Crippen LogP contribution is -2.36. The minimum atomic E-state index is -0.585. The van der Waals surface area contributed by atoms with E-state index in [-0.39, 0.29) is 5.82 Å². The van der Waals surface area contributed by atoms with Crippen LogP contribution in [0.1, 0.15) is 12.8 Å². The molecule has 0 spiro atoms. The molecule has 0 radical (unpaired) electrons. The quantitative estimate of drug-likeness (QED) is 0.643. The maximum Gasteiger partial charge on any atom is 0.342 e. The van der Waals surface area contributed by atoms with Crippen molar-refractivity contribution in [3.63, 3.8) is 0 Å². The molecule has 1 fully saturated rings. The fraction of sp³-hybridized carbons (Fsp3) is 0.700. The Morgan fingerprint density at radius 1 is 1.53 bits per heavy atom. The number of hydrogen-bond acceptors (Lipinski definition) is 5. The number of likely N-dealkylation sites (tertiary alicyclic amines) is 1. The van der Waals surface area contributed by atoms with E-state index >= 15 is 0 Å². The lowest BCUT2D eigenvalue weighted by atomic mass is 9.98. The number of hydrogen-bond donors (Lipinski definition) is 3. The Hall–Kier alpha value is -1.63. The highest BCUT2D eigenvalue weighted by molar-refractivity contribution is 5.28. The summed E-state index contributed by atoms with van der Waals surface area (Å²) in [6.07, 6.45) is 2.33. The molecule has 1 atom stereocenters. The smallest absolute Gasteiger partial charge is 0.342 e. The Labute approximate surface area is 98.2 Å². The number of piperidine rings is 1. The molecular formula is C10H17N5O2. The Morgan fingerprint density at radius 2 is 2.35 bits per heavy atom. The molecule has 7 nitrogen and oxygen atoms in total. The molecule has 1 aromatic rings. The number of nitrogens with one attached hydrogen (secondary N) is 3. The molecule has 1 saturated heterocycles. The molecule has 1 aromatic heterocycles. The average Bonchev–Trinajstić information content (AvgIpc) is 2.28. The topological polar surface area (TPSA) is 93.9 Å². The number of aromatic nitrogens is 3. The lowest BCUT2D eigenvalue weighted by Gasteiger charge is -2.29. The number of anilines is 1. The maximum atomic E-state index is 11.4. The van der Waals surface area contributed by atoms with Crippen LogP contribution in [0.3, 0.4) is 0 Å². The van der Waals surface area contributed by atoms with Gasteiger partial charge in [-0.25, -0.2) is 9.89 Å². The highest BCUT2D eigenvalue weighted by atomic mass is 16.2. The van der Waals surface area contributed by atoms with E-state index < -0.39 is 11.2 Å². The SMILES string of the molecule is CN1CCCC(CNc2n[nH]c(=O)[nH]c2=O)C1. The third-order valence-corrected chi connectivity index (χ3v) is 2.99. The zero-order valence-electron chi connectivity index (χ0n) is 9.82. The van der Waals surface area contributed by atoms with Gasteiger partial charge in [-0.05, 0) is 32.4 Å². The zero-order valence-corrected chi connectivity index (χ0v) is 9.82. The fourth-order valence-electron chi connectivity index (χ4n) is 2.15. The molecule has 1 unspecified atom stereocenters. The van der Waals surface area contributed by atoms with Crippen LogP contribution < -0.4 is 16.6 Å².